The van der Waals surface area contributed by atoms with Gasteiger partial charge in [-0.3, -0.25) is 0 Å². The molecule has 0 saturated heterocycles. The summed E-state index contributed by atoms with van der Waals surface area (Å²) < 4.78 is 26.6. The zero-order valence-electron chi connectivity index (χ0n) is 10.5. The largest absolute Gasteiger partial charge is 0.373 e. The van der Waals surface area contributed by atoms with Crippen LogP contribution < -0.4 is 10.0 Å². The molecule has 0 saturated carbocycles. The maximum absolute atomic E-state index is 12.0. The number of rotatable bonds is 5. The number of sulfonamides is 1. The van der Waals surface area contributed by atoms with E-state index < -0.39 is 10.0 Å². The quantitative estimate of drug-likeness (QED) is 0.871. The van der Waals surface area contributed by atoms with Crippen LogP contribution in [0, 0.1) is 6.92 Å². The standard InChI is InChI=1S/C11H14N4O2S2/c1-8-13-5-9(18-8)6-15-19(16,17)10-3-4-11(12-2)14-7-10/h3-5,7,15H,6H2,1-2H3,(H,12,14). The predicted octanol–water partition coefficient (Wildman–Crippen LogP) is 1.37. The van der Waals surface area contributed by atoms with Crippen LogP contribution in [0.5, 0.6) is 0 Å². The van der Waals surface area contributed by atoms with E-state index in [4.69, 9.17) is 0 Å². The summed E-state index contributed by atoms with van der Waals surface area (Å²) in [6, 6.07) is 3.13. The molecule has 0 bridgehead atoms. The third-order valence-electron chi connectivity index (χ3n) is 2.41. The van der Waals surface area contributed by atoms with Crippen LogP contribution in [0.1, 0.15) is 9.88 Å². The Morgan fingerprint density at radius 2 is 2.05 bits per heavy atom. The molecule has 6 nitrogen and oxygen atoms in total. The molecule has 0 radical (unpaired) electrons. The number of hydrogen-bond acceptors (Lipinski definition) is 6. The van der Waals surface area contributed by atoms with Gasteiger partial charge in [0.25, 0.3) is 0 Å². The van der Waals surface area contributed by atoms with Crippen molar-refractivity contribution < 1.29 is 8.42 Å². The lowest BCUT2D eigenvalue weighted by molar-refractivity contribution is 0.581. The molecule has 2 N–H and O–H groups in total. The van der Waals surface area contributed by atoms with E-state index in [-0.39, 0.29) is 11.4 Å². The summed E-state index contributed by atoms with van der Waals surface area (Å²) in [6.45, 7) is 2.12. The predicted molar refractivity (Wildman–Crippen MR) is 74.7 cm³/mol. The lowest BCUT2D eigenvalue weighted by Crippen LogP contribution is -2.23. The van der Waals surface area contributed by atoms with E-state index in [1.807, 2.05) is 6.92 Å². The van der Waals surface area contributed by atoms with Gasteiger partial charge in [0.05, 0.1) is 5.01 Å². The smallest absolute Gasteiger partial charge is 0.242 e. The Labute approximate surface area is 116 Å². The molecule has 0 atom stereocenters. The Kier molecular flexibility index (Phi) is 4.13. The van der Waals surface area contributed by atoms with E-state index in [1.165, 1.54) is 23.6 Å². The lowest BCUT2D eigenvalue weighted by atomic mass is 10.5. The zero-order chi connectivity index (χ0) is 13.9. The van der Waals surface area contributed by atoms with Gasteiger partial charge in [0.1, 0.15) is 10.7 Å². The number of aromatic nitrogens is 2. The molecule has 0 aliphatic rings. The summed E-state index contributed by atoms with van der Waals surface area (Å²) in [4.78, 5) is 9.08. The van der Waals surface area contributed by atoms with Gasteiger partial charge >= 0.3 is 0 Å². The second-order valence-corrected chi connectivity index (χ2v) is 6.89. The fourth-order valence-corrected chi connectivity index (χ4v) is 3.20. The number of thiazole rings is 1. The molecule has 0 aromatic carbocycles. The summed E-state index contributed by atoms with van der Waals surface area (Å²) >= 11 is 1.47. The Balaban J connectivity index is 2.09. The fourth-order valence-electron chi connectivity index (χ4n) is 1.42. The van der Waals surface area contributed by atoms with Crippen molar-refractivity contribution >= 4 is 27.2 Å². The molecule has 0 unspecified atom stereocenters. The summed E-state index contributed by atoms with van der Waals surface area (Å²) in [7, 11) is -1.81. The molecule has 0 aliphatic carbocycles. The van der Waals surface area contributed by atoms with Crippen LogP contribution in [0.15, 0.2) is 29.4 Å². The second kappa shape index (κ2) is 5.64. The first-order chi connectivity index (χ1) is 9.01. The highest BCUT2D eigenvalue weighted by molar-refractivity contribution is 7.89. The average Bonchev–Trinajstić information content (AvgIpc) is 2.82. The van der Waals surface area contributed by atoms with Crippen molar-refractivity contribution in [1.82, 2.24) is 14.7 Å². The first-order valence-electron chi connectivity index (χ1n) is 5.56. The molecule has 2 heterocycles. The van der Waals surface area contributed by atoms with Crippen molar-refractivity contribution in [2.45, 2.75) is 18.4 Å². The monoisotopic (exact) mass is 298 g/mol. The Morgan fingerprint density at radius 3 is 2.58 bits per heavy atom. The molecule has 0 amide bonds. The minimum absolute atomic E-state index is 0.146. The van der Waals surface area contributed by atoms with Gasteiger partial charge in [-0.05, 0) is 19.1 Å². The first-order valence-corrected chi connectivity index (χ1v) is 7.86. The van der Waals surface area contributed by atoms with Gasteiger partial charge in [-0.15, -0.1) is 11.3 Å². The van der Waals surface area contributed by atoms with Gasteiger partial charge < -0.3 is 5.32 Å². The van der Waals surface area contributed by atoms with E-state index in [9.17, 15) is 8.42 Å². The van der Waals surface area contributed by atoms with Crippen LogP contribution in [0.25, 0.3) is 0 Å². The molecule has 0 fully saturated rings. The highest BCUT2D eigenvalue weighted by Gasteiger charge is 2.14. The maximum atomic E-state index is 12.0. The van der Waals surface area contributed by atoms with E-state index in [2.05, 4.69) is 20.0 Å². The number of aryl methyl sites for hydroxylation is 1. The van der Waals surface area contributed by atoms with E-state index in [0.29, 0.717) is 5.82 Å². The number of nitrogens with one attached hydrogen (secondary N) is 2. The van der Waals surface area contributed by atoms with Crippen molar-refractivity contribution in [3.8, 4) is 0 Å². The van der Waals surface area contributed by atoms with Crippen molar-refractivity contribution in [3.05, 3.63) is 34.4 Å². The molecule has 2 aromatic rings. The second-order valence-electron chi connectivity index (χ2n) is 3.80. The fraction of sp³-hybridized carbons (Fsp3) is 0.273. The normalized spacial score (nSPS) is 11.5. The van der Waals surface area contributed by atoms with Crippen LogP contribution in [-0.2, 0) is 16.6 Å². The number of nitrogens with zero attached hydrogens (tertiary/aromatic N) is 2. The van der Waals surface area contributed by atoms with Crippen molar-refractivity contribution in [2.75, 3.05) is 12.4 Å². The van der Waals surface area contributed by atoms with Gasteiger partial charge in [-0.1, -0.05) is 0 Å². The molecule has 0 aliphatic heterocycles. The summed E-state index contributed by atoms with van der Waals surface area (Å²) in [5.74, 6) is 0.622. The van der Waals surface area contributed by atoms with Crippen LogP contribution in [0.3, 0.4) is 0 Å². The minimum Gasteiger partial charge on any atom is -0.373 e. The first kappa shape index (κ1) is 13.9. The maximum Gasteiger partial charge on any atom is 0.242 e. The molecule has 0 spiro atoms. The van der Waals surface area contributed by atoms with Crippen molar-refractivity contribution in [1.29, 1.82) is 0 Å². The van der Waals surface area contributed by atoms with Gasteiger partial charge in [0, 0.05) is 30.9 Å². The van der Waals surface area contributed by atoms with Gasteiger partial charge in [-0.2, -0.15) is 0 Å². The number of anilines is 1. The Morgan fingerprint density at radius 1 is 1.26 bits per heavy atom. The van der Waals surface area contributed by atoms with Gasteiger partial charge in [0.15, 0.2) is 0 Å². The van der Waals surface area contributed by atoms with Gasteiger partial charge in [-0.25, -0.2) is 23.1 Å². The number of hydrogen-bond donors (Lipinski definition) is 2. The van der Waals surface area contributed by atoms with Crippen LogP contribution in [0.4, 0.5) is 5.82 Å². The van der Waals surface area contributed by atoms with E-state index >= 15 is 0 Å². The molecular weight excluding hydrogens is 284 g/mol. The highest BCUT2D eigenvalue weighted by atomic mass is 32.2. The Bertz CT molecular complexity index is 650. The third kappa shape index (κ3) is 3.49. The van der Waals surface area contributed by atoms with E-state index in [1.54, 1.807) is 19.3 Å². The molecule has 2 rings (SSSR count). The van der Waals surface area contributed by atoms with Crippen molar-refractivity contribution in [3.63, 3.8) is 0 Å². The van der Waals surface area contributed by atoms with Crippen LogP contribution in [-0.4, -0.2) is 25.4 Å². The van der Waals surface area contributed by atoms with E-state index in [0.717, 1.165) is 9.88 Å². The summed E-state index contributed by atoms with van der Waals surface area (Å²) in [5.41, 5.74) is 0. The zero-order valence-corrected chi connectivity index (χ0v) is 12.2. The van der Waals surface area contributed by atoms with Crippen LogP contribution >= 0.6 is 11.3 Å². The highest BCUT2D eigenvalue weighted by Crippen LogP contribution is 2.14. The van der Waals surface area contributed by atoms with Crippen LogP contribution in [0.2, 0.25) is 0 Å². The molecule has 19 heavy (non-hydrogen) atoms. The molecule has 2 aromatic heterocycles. The van der Waals surface area contributed by atoms with Crippen molar-refractivity contribution in [2.24, 2.45) is 0 Å². The molecule has 8 heteroatoms. The van der Waals surface area contributed by atoms with Gasteiger partial charge in [0.2, 0.25) is 10.0 Å². The minimum atomic E-state index is -3.54. The number of pyridine rings is 1. The summed E-state index contributed by atoms with van der Waals surface area (Å²) in [5, 5.41) is 3.74. The molecule has 102 valence electrons. The third-order valence-corrected chi connectivity index (χ3v) is 4.71. The summed E-state index contributed by atoms with van der Waals surface area (Å²) in [6.07, 6.45) is 3.00. The lowest BCUT2D eigenvalue weighted by Gasteiger charge is -2.05. The SMILES string of the molecule is CNc1ccc(S(=O)(=O)NCc2cnc(C)s2)cn1. The Hall–Kier alpha value is -1.51. The molecular formula is C11H14N4O2S2. The topological polar surface area (TPSA) is 84.0 Å². The average molecular weight is 298 g/mol.